The number of carbonyl (C=O) groups is 1. The highest BCUT2D eigenvalue weighted by molar-refractivity contribution is 5.94. The van der Waals surface area contributed by atoms with Gasteiger partial charge in [-0.05, 0) is 60.3 Å². The molecular formula is C30H31FN2O2. The summed E-state index contributed by atoms with van der Waals surface area (Å²) in [5.74, 6) is -0.236. The zero-order valence-electron chi connectivity index (χ0n) is 19.8. The van der Waals surface area contributed by atoms with Crippen molar-refractivity contribution in [1.29, 1.82) is 0 Å². The van der Waals surface area contributed by atoms with Crippen LogP contribution in [0.5, 0.6) is 0 Å². The van der Waals surface area contributed by atoms with E-state index in [9.17, 15) is 14.3 Å². The second kappa shape index (κ2) is 10.5. The van der Waals surface area contributed by atoms with Crippen molar-refractivity contribution in [3.8, 4) is 0 Å². The number of aliphatic hydroxyl groups excluding tert-OH is 1. The lowest BCUT2D eigenvalue weighted by molar-refractivity contribution is -0.0606. The Hall–Kier alpha value is -3.28. The number of aliphatic hydroxyl groups is 1. The number of nitrogens with zero attached hydrogens (tertiary/aromatic N) is 2. The zero-order valence-corrected chi connectivity index (χ0v) is 19.8. The fraction of sp³-hybridized carbons (Fsp3) is 0.300. The Morgan fingerprint density at radius 2 is 1.54 bits per heavy atom. The summed E-state index contributed by atoms with van der Waals surface area (Å²) < 4.78 is 13.4. The third kappa shape index (κ3) is 5.07. The molecule has 0 spiro atoms. The first-order valence-corrected chi connectivity index (χ1v) is 12.4. The number of halogens is 1. The summed E-state index contributed by atoms with van der Waals surface area (Å²) in [7, 11) is 0. The Bertz CT molecular complexity index is 1160. The Morgan fingerprint density at radius 1 is 0.886 bits per heavy atom. The van der Waals surface area contributed by atoms with E-state index in [4.69, 9.17) is 0 Å². The molecule has 3 atom stereocenters. The van der Waals surface area contributed by atoms with Gasteiger partial charge in [0.1, 0.15) is 5.82 Å². The van der Waals surface area contributed by atoms with Crippen molar-refractivity contribution in [2.24, 2.45) is 0 Å². The van der Waals surface area contributed by atoms with E-state index < -0.39 is 0 Å². The van der Waals surface area contributed by atoms with Crippen molar-refractivity contribution in [2.45, 2.75) is 30.8 Å². The maximum atomic E-state index is 13.4. The van der Waals surface area contributed by atoms with Gasteiger partial charge in [0.25, 0.3) is 5.91 Å². The Balaban J connectivity index is 1.34. The Morgan fingerprint density at radius 3 is 2.23 bits per heavy atom. The molecule has 5 heteroatoms. The third-order valence-electron chi connectivity index (χ3n) is 7.34. The molecule has 0 radical (unpaired) electrons. The zero-order chi connectivity index (χ0) is 24.2. The van der Waals surface area contributed by atoms with Crippen LogP contribution in [-0.2, 0) is 0 Å². The van der Waals surface area contributed by atoms with Crippen LogP contribution >= 0.6 is 0 Å². The second-order valence-electron chi connectivity index (χ2n) is 9.46. The van der Waals surface area contributed by atoms with Gasteiger partial charge in [-0.2, -0.15) is 0 Å². The van der Waals surface area contributed by atoms with Crippen LogP contribution in [0.1, 0.15) is 45.8 Å². The van der Waals surface area contributed by atoms with Gasteiger partial charge < -0.3 is 10.0 Å². The average Bonchev–Trinajstić information content (AvgIpc) is 2.88. The molecule has 35 heavy (non-hydrogen) atoms. The molecule has 0 unspecified atom stereocenters. The average molecular weight is 471 g/mol. The van der Waals surface area contributed by atoms with E-state index >= 15 is 0 Å². The van der Waals surface area contributed by atoms with Crippen molar-refractivity contribution in [3.63, 3.8) is 0 Å². The van der Waals surface area contributed by atoms with E-state index in [-0.39, 0.29) is 36.3 Å². The molecule has 0 aliphatic carbocycles. The molecule has 0 aromatic heterocycles. The lowest BCUT2D eigenvalue weighted by Crippen LogP contribution is -2.67. The van der Waals surface area contributed by atoms with Gasteiger partial charge in [0.05, 0.1) is 6.61 Å². The van der Waals surface area contributed by atoms with Crippen LogP contribution in [0.2, 0.25) is 0 Å². The summed E-state index contributed by atoms with van der Waals surface area (Å²) in [5.41, 5.74) is 3.99. The molecule has 4 nitrogen and oxygen atoms in total. The smallest absolute Gasteiger partial charge is 0.253 e. The molecule has 2 aliphatic heterocycles. The van der Waals surface area contributed by atoms with Crippen molar-refractivity contribution in [1.82, 2.24) is 9.80 Å². The molecule has 3 aromatic rings. The lowest BCUT2D eigenvalue weighted by atomic mass is 9.74. The fourth-order valence-electron chi connectivity index (χ4n) is 5.49. The molecule has 2 fully saturated rings. The molecule has 2 heterocycles. The molecular weight excluding hydrogens is 439 g/mol. The minimum Gasteiger partial charge on any atom is -0.395 e. The van der Waals surface area contributed by atoms with E-state index in [1.165, 1.54) is 17.7 Å². The molecule has 0 saturated carbocycles. The van der Waals surface area contributed by atoms with E-state index in [0.29, 0.717) is 18.7 Å². The van der Waals surface area contributed by atoms with E-state index in [0.717, 1.165) is 30.5 Å². The topological polar surface area (TPSA) is 43.8 Å². The number of hydrogen-bond acceptors (Lipinski definition) is 3. The summed E-state index contributed by atoms with van der Waals surface area (Å²) in [4.78, 5) is 17.5. The van der Waals surface area contributed by atoms with Gasteiger partial charge in [0.15, 0.2) is 0 Å². The number of hydrogen-bond donors (Lipinski definition) is 1. The van der Waals surface area contributed by atoms with Gasteiger partial charge >= 0.3 is 0 Å². The van der Waals surface area contributed by atoms with Gasteiger partial charge in [-0.15, -0.1) is 0 Å². The van der Waals surface area contributed by atoms with Gasteiger partial charge in [0.2, 0.25) is 0 Å². The van der Waals surface area contributed by atoms with E-state index in [1.807, 2.05) is 23.1 Å². The quantitative estimate of drug-likeness (QED) is 0.530. The molecule has 2 saturated heterocycles. The van der Waals surface area contributed by atoms with Crippen LogP contribution in [0.4, 0.5) is 4.39 Å². The molecule has 1 N–H and O–H groups in total. The minimum absolute atomic E-state index is 0.0561. The highest BCUT2D eigenvalue weighted by Gasteiger charge is 2.49. The highest BCUT2D eigenvalue weighted by Crippen LogP contribution is 2.42. The minimum atomic E-state index is -0.340. The number of rotatable bonds is 5. The molecule has 0 bridgehead atoms. The van der Waals surface area contributed by atoms with E-state index in [1.54, 1.807) is 12.1 Å². The number of carbonyl (C=O) groups excluding carboxylic acids is 1. The maximum absolute atomic E-state index is 13.4. The fourth-order valence-corrected chi connectivity index (χ4v) is 5.49. The highest BCUT2D eigenvalue weighted by atomic mass is 19.1. The van der Waals surface area contributed by atoms with Gasteiger partial charge in [-0.25, -0.2) is 4.39 Å². The summed E-state index contributed by atoms with van der Waals surface area (Å²) in [6, 6.07) is 24.8. The summed E-state index contributed by atoms with van der Waals surface area (Å²) >= 11 is 0. The predicted octanol–water partition coefficient (Wildman–Crippen LogP) is 5.06. The number of fused-ring (bicyclic) bond motifs is 1. The van der Waals surface area contributed by atoms with Crippen LogP contribution in [0, 0.1) is 5.82 Å². The summed E-state index contributed by atoms with van der Waals surface area (Å²) in [6.45, 7) is 2.33. The first-order valence-electron chi connectivity index (χ1n) is 12.4. The van der Waals surface area contributed by atoms with Crippen LogP contribution in [0.3, 0.4) is 0 Å². The third-order valence-corrected chi connectivity index (χ3v) is 7.34. The first kappa shape index (κ1) is 23.5. The van der Waals surface area contributed by atoms with Gasteiger partial charge in [-0.1, -0.05) is 66.7 Å². The normalized spacial score (nSPS) is 22.8. The standard InChI is InChI=1S/C30H31FN2O2/c31-26-16-14-25(15-17-26)30(35)32-18-4-5-19-33-27(20-32)29(28(33)21-34)24-12-10-23(11-13-24)9-8-22-6-2-1-3-7-22/h1-3,6-17,27-29,34H,4-5,18-21H2/b9-8+/t27-,28-,29+/m1/s1. The van der Waals surface area contributed by atoms with Gasteiger partial charge in [0, 0.05) is 36.7 Å². The van der Waals surface area contributed by atoms with Crippen LogP contribution in [-0.4, -0.2) is 59.1 Å². The Kier molecular flexibility index (Phi) is 7.07. The number of benzene rings is 3. The monoisotopic (exact) mass is 470 g/mol. The van der Waals surface area contributed by atoms with Gasteiger partial charge in [-0.3, -0.25) is 9.69 Å². The van der Waals surface area contributed by atoms with Crippen LogP contribution in [0.25, 0.3) is 12.2 Å². The van der Waals surface area contributed by atoms with Crippen molar-refractivity contribution >= 4 is 18.1 Å². The maximum Gasteiger partial charge on any atom is 0.253 e. The second-order valence-corrected chi connectivity index (χ2v) is 9.46. The van der Waals surface area contributed by atoms with Crippen LogP contribution in [0.15, 0.2) is 78.9 Å². The molecule has 5 rings (SSSR count). The predicted molar refractivity (Wildman–Crippen MR) is 137 cm³/mol. The number of amides is 1. The van der Waals surface area contributed by atoms with E-state index in [2.05, 4.69) is 53.5 Å². The Labute approximate surface area is 206 Å². The SMILES string of the molecule is O=C(c1ccc(F)cc1)N1CCCCN2[C@H](CO)[C@@H](c3ccc(/C=C/c4ccccc4)cc3)[C@H]2C1. The van der Waals surface area contributed by atoms with Crippen molar-refractivity contribution in [3.05, 3.63) is 107 Å². The molecule has 3 aromatic carbocycles. The summed E-state index contributed by atoms with van der Waals surface area (Å²) in [6.07, 6.45) is 6.11. The molecule has 1 amide bonds. The first-order chi connectivity index (χ1) is 17.1. The largest absolute Gasteiger partial charge is 0.395 e. The van der Waals surface area contributed by atoms with Crippen molar-refractivity contribution in [2.75, 3.05) is 26.2 Å². The molecule has 180 valence electrons. The lowest BCUT2D eigenvalue weighted by Gasteiger charge is -2.57. The summed E-state index contributed by atoms with van der Waals surface area (Å²) in [5, 5.41) is 10.2. The van der Waals surface area contributed by atoms with Crippen molar-refractivity contribution < 1.29 is 14.3 Å². The molecule has 2 aliphatic rings. The van der Waals surface area contributed by atoms with Crippen LogP contribution < -0.4 is 0 Å².